The van der Waals surface area contributed by atoms with E-state index >= 15 is 4.39 Å². The van der Waals surface area contributed by atoms with Gasteiger partial charge in [-0.25, -0.2) is 14.2 Å². The maximum atomic E-state index is 15.8. The van der Waals surface area contributed by atoms with Gasteiger partial charge in [-0.2, -0.15) is 5.10 Å². The van der Waals surface area contributed by atoms with Crippen LogP contribution in [0, 0.1) is 25.6 Å². The summed E-state index contributed by atoms with van der Waals surface area (Å²) in [5.41, 5.74) is 9.01. The summed E-state index contributed by atoms with van der Waals surface area (Å²) in [6, 6.07) is 14.0. The largest absolute Gasteiger partial charge is 0.490 e. The minimum absolute atomic E-state index is 0.103. The Hall–Kier alpha value is -5.13. The third-order valence-corrected chi connectivity index (χ3v) is 10.1. The lowest BCUT2D eigenvalue weighted by Gasteiger charge is -2.26. The van der Waals surface area contributed by atoms with Crippen LogP contribution in [0.3, 0.4) is 0 Å². The van der Waals surface area contributed by atoms with Gasteiger partial charge in [0.15, 0.2) is 17.7 Å². The number of hydrogen-bond donors (Lipinski definition) is 1. The Balaban J connectivity index is 1.30. The van der Waals surface area contributed by atoms with Crippen LogP contribution in [-0.2, 0) is 27.7 Å². The number of carboxylic acid groups (broad SMARTS) is 1. The fraction of sp³-hybridized carbons (Fsp3) is 0.350. The molecule has 6 aromatic rings. The van der Waals surface area contributed by atoms with Gasteiger partial charge in [0.05, 0.1) is 55.6 Å². The molecule has 2 aliphatic rings. The minimum atomic E-state index is -1.30. The topological polar surface area (TPSA) is 114 Å². The number of aryl methyl sites for hydroxylation is 2. The molecule has 0 aliphatic carbocycles. The number of carboxylic acids is 1. The highest BCUT2D eigenvalue weighted by Gasteiger charge is 2.32. The maximum Gasteiger partial charge on any atom is 0.337 e. The number of halogens is 1. The number of ether oxygens (including phenoxy) is 3. The Morgan fingerprint density at radius 2 is 1.94 bits per heavy atom. The Labute approximate surface area is 294 Å². The molecule has 0 spiro atoms. The van der Waals surface area contributed by atoms with Crippen LogP contribution in [0.2, 0.25) is 0 Å². The van der Waals surface area contributed by atoms with Crippen molar-refractivity contribution in [1.29, 1.82) is 0 Å². The summed E-state index contributed by atoms with van der Waals surface area (Å²) in [6.45, 7) is 9.73. The molecule has 1 N–H and O–H groups in total. The predicted molar refractivity (Wildman–Crippen MR) is 192 cm³/mol. The van der Waals surface area contributed by atoms with E-state index in [1.165, 1.54) is 6.07 Å². The highest BCUT2D eigenvalue weighted by atomic mass is 19.1. The van der Waals surface area contributed by atoms with Crippen molar-refractivity contribution >= 4 is 27.9 Å². The first-order chi connectivity index (χ1) is 24.6. The van der Waals surface area contributed by atoms with Crippen LogP contribution in [0.4, 0.5) is 4.39 Å². The van der Waals surface area contributed by atoms with E-state index in [1.807, 2.05) is 61.5 Å². The van der Waals surface area contributed by atoms with E-state index in [4.69, 9.17) is 24.2 Å². The highest BCUT2D eigenvalue weighted by Crippen LogP contribution is 2.45. The number of rotatable bonds is 9. The number of aliphatic carboxylic acids is 1. The van der Waals surface area contributed by atoms with E-state index in [2.05, 4.69) is 23.3 Å². The van der Waals surface area contributed by atoms with Crippen LogP contribution >= 0.6 is 0 Å². The number of fused-ring (bicyclic) bond motifs is 3. The van der Waals surface area contributed by atoms with Gasteiger partial charge >= 0.3 is 5.97 Å². The molecule has 6 heterocycles. The van der Waals surface area contributed by atoms with Gasteiger partial charge in [-0.1, -0.05) is 19.9 Å². The molecule has 1 saturated heterocycles. The Morgan fingerprint density at radius 3 is 2.69 bits per heavy atom. The molecule has 11 heteroatoms. The first kappa shape index (κ1) is 33.0. The van der Waals surface area contributed by atoms with Crippen LogP contribution in [0.5, 0.6) is 5.75 Å². The van der Waals surface area contributed by atoms with Crippen molar-refractivity contribution < 1.29 is 28.5 Å². The molecule has 0 saturated carbocycles. The summed E-state index contributed by atoms with van der Waals surface area (Å²) in [7, 11) is 1.94. The van der Waals surface area contributed by atoms with E-state index in [-0.39, 0.29) is 24.3 Å². The Kier molecular flexibility index (Phi) is 8.35. The van der Waals surface area contributed by atoms with Crippen molar-refractivity contribution in [1.82, 2.24) is 24.3 Å². The van der Waals surface area contributed by atoms with Crippen molar-refractivity contribution in [2.45, 2.75) is 52.7 Å². The summed E-state index contributed by atoms with van der Waals surface area (Å²) in [5, 5.41) is 16.9. The molecule has 1 atom stereocenters. The fourth-order valence-electron chi connectivity index (χ4n) is 7.44. The highest BCUT2D eigenvalue weighted by molar-refractivity contribution is 6.01. The second-order valence-corrected chi connectivity index (χ2v) is 14.0. The minimum Gasteiger partial charge on any atom is -0.490 e. The summed E-state index contributed by atoms with van der Waals surface area (Å²) in [6.07, 6.45) is 3.80. The third-order valence-electron chi connectivity index (χ3n) is 10.1. The average Bonchev–Trinajstić information content (AvgIpc) is 3.66. The molecular weight excluding hydrogens is 649 g/mol. The third kappa shape index (κ3) is 5.64. The smallest absolute Gasteiger partial charge is 0.337 e. The fourth-order valence-corrected chi connectivity index (χ4v) is 7.44. The van der Waals surface area contributed by atoms with Crippen LogP contribution in [0.1, 0.15) is 54.8 Å². The number of aromatic nitrogens is 5. The first-order valence-electron chi connectivity index (χ1n) is 17.4. The van der Waals surface area contributed by atoms with Crippen LogP contribution in [0.25, 0.3) is 55.6 Å². The average molecular weight is 690 g/mol. The molecule has 0 amide bonds. The molecule has 51 heavy (non-hydrogen) atoms. The number of carbonyl (C=O) groups is 1. The Morgan fingerprint density at radius 1 is 1.12 bits per heavy atom. The number of hydrogen-bond acceptors (Lipinski definition) is 7. The number of benzene rings is 2. The summed E-state index contributed by atoms with van der Waals surface area (Å²) < 4.78 is 37.1. The van der Waals surface area contributed by atoms with Gasteiger partial charge in [0.1, 0.15) is 5.65 Å². The lowest BCUT2D eigenvalue weighted by molar-refractivity contribution is -0.151. The SMILES string of the molecule is Cc1nc2c(cc(-c3ccnc(-c4ccc5c(cnn5C5COC5)c4)c3)n2C)c(-c2cc(F)c3c(c2C)CCCO3)c1C(OCC(C)C)C(=O)O. The molecule has 262 valence electrons. The monoisotopic (exact) mass is 689 g/mol. The van der Waals surface area contributed by atoms with Crippen LogP contribution in [0.15, 0.2) is 54.9 Å². The van der Waals surface area contributed by atoms with Crippen molar-refractivity contribution in [2.75, 3.05) is 26.4 Å². The standard InChI is InChI=1S/C40H40FN5O5/c1-21(2)18-51-38(40(47)48)35-23(4)44-39-30(36(35)29-15-31(41)37-28(22(29)3)7-6-12-50-37)16-34(45(39)5)25-10-11-42-32(14-25)24-8-9-33-26(13-24)17-43-46(33)27-19-49-20-27/h8-11,13-17,21,27,38H,6-7,12,18-20H2,1-5H3,(H,47,48). The lowest BCUT2D eigenvalue weighted by Crippen LogP contribution is -2.31. The zero-order valence-corrected chi connectivity index (χ0v) is 29.4. The van der Waals surface area contributed by atoms with Gasteiger partial charge in [-0.15, -0.1) is 0 Å². The Bertz CT molecular complexity index is 2340. The number of pyridine rings is 2. The van der Waals surface area contributed by atoms with E-state index in [0.717, 1.165) is 51.0 Å². The zero-order valence-electron chi connectivity index (χ0n) is 29.4. The first-order valence-corrected chi connectivity index (χ1v) is 17.4. The molecule has 2 aromatic carbocycles. The van der Waals surface area contributed by atoms with E-state index < -0.39 is 17.9 Å². The van der Waals surface area contributed by atoms with Gasteiger partial charge in [0, 0.05) is 57.5 Å². The molecule has 8 rings (SSSR count). The van der Waals surface area contributed by atoms with E-state index in [1.54, 1.807) is 13.1 Å². The zero-order chi connectivity index (χ0) is 35.6. The van der Waals surface area contributed by atoms with Crippen molar-refractivity contribution in [3.63, 3.8) is 0 Å². The summed E-state index contributed by atoms with van der Waals surface area (Å²) in [5.74, 6) is -1.21. The number of nitrogens with zero attached hydrogens (tertiary/aromatic N) is 5. The van der Waals surface area contributed by atoms with Crippen LogP contribution < -0.4 is 4.74 Å². The van der Waals surface area contributed by atoms with E-state index in [0.29, 0.717) is 59.7 Å². The predicted octanol–water partition coefficient (Wildman–Crippen LogP) is 7.77. The van der Waals surface area contributed by atoms with Gasteiger partial charge in [0.25, 0.3) is 0 Å². The quantitative estimate of drug-likeness (QED) is 0.164. The normalized spacial score (nSPS) is 15.3. The van der Waals surface area contributed by atoms with Crippen molar-refractivity contribution in [3.05, 3.63) is 83.1 Å². The second-order valence-electron chi connectivity index (χ2n) is 14.0. The van der Waals surface area contributed by atoms with E-state index in [9.17, 15) is 9.90 Å². The maximum absolute atomic E-state index is 15.8. The summed E-state index contributed by atoms with van der Waals surface area (Å²) in [4.78, 5) is 22.6. The molecule has 0 bridgehead atoms. The second kappa shape index (κ2) is 12.9. The molecule has 2 aliphatic heterocycles. The van der Waals surface area contributed by atoms with Gasteiger partial charge in [-0.05, 0) is 80.1 Å². The molecule has 4 aromatic heterocycles. The van der Waals surface area contributed by atoms with Gasteiger partial charge in [0.2, 0.25) is 0 Å². The van der Waals surface area contributed by atoms with Crippen LogP contribution in [-0.4, -0.2) is 61.8 Å². The van der Waals surface area contributed by atoms with Gasteiger partial charge in [-0.3, -0.25) is 9.67 Å². The van der Waals surface area contributed by atoms with Crippen molar-refractivity contribution in [2.24, 2.45) is 13.0 Å². The van der Waals surface area contributed by atoms with Gasteiger partial charge < -0.3 is 23.9 Å². The summed E-state index contributed by atoms with van der Waals surface area (Å²) >= 11 is 0. The molecule has 1 fully saturated rings. The molecular formula is C40H40FN5O5. The van der Waals surface area contributed by atoms with Crippen molar-refractivity contribution in [3.8, 4) is 39.4 Å². The molecule has 0 radical (unpaired) electrons. The molecule has 1 unspecified atom stereocenters. The molecule has 10 nitrogen and oxygen atoms in total. The lowest BCUT2D eigenvalue weighted by atomic mass is 9.86.